The Labute approximate surface area is 160 Å². The van der Waals surface area contributed by atoms with Gasteiger partial charge in [-0.05, 0) is 63.0 Å². The number of aromatic nitrogens is 2. The molecule has 1 aromatic heterocycles. The average molecular weight is 353 g/mol. The van der Waals surface area contributed by atoms with Crippen LogP contribution in [-0.4, -0.2) is 9.97 Å². The summed E-state index contributed by atoms with van der Waals surface area (Å²) < 4.78 is 0. The molecule has 1 unspecified atom stereocenters. The Morgan fingerprint density at radius 3 is 2.08 bits per heavy atom. The van der Waals surface area contributed by atoms with Gasteiger partial charge in [0.15, 0.2) is 5.82 Å². The molecule has 2 aromatic rings. The Bertz CT molecular complexity index is 639. The fourth-order valence-corrected chi connectivity index (χ4v) is 3.01. The van der Waals surface area contributed by atoms with E-state index in [1.165, 1.54) is 37.7 Å². The number of allylic oxidation sites excluding steroid dienone is 2. The molecule has 1 aromatic carbocycles. The molecular weight excluding hydrogens is 316 g/mol. The maximum Gasteiger partial charge on any atom is 0.159 e. The third-order valence-corrected chi connectivity index (χ3v) is 4.58. The molecule has 0 spiro atoms. The summed E-state index contributed by atoms with van der Waals surface area (Å²) in [6.45, 7) is 12.3. The Hall–Kier alpha value is -1.96. The van der Waals surface area contributed by atoms with E-state index in [9.17, 15) is 0 Å². The molecule has 1 aliphatic carbocycles. The Kier molecular flexibility index (Phi) is 10.5. The molecule has 2 nitrogen and oxygen atoms in total. The van der Waals surface area contributed by atoms with Crippen molar-refractivity contribution in [3.8, 4) is 11.4 Å². The van der Waals surface area contributed by atoms with E-state index < -0.39 is 0 Å². The van der Waals surface area contributed by atoms with Crippen molar-refractivity contribution in [2.75, 3.05) is 0 Å². The van der Waals surface area contributed by atoms with Crippen LogP contribution in [0.1, 0.15) is 71.4 Å². The zero-order valence-electron chi connectivity index (χ0n) is 17.5. The lowest BCUT2D eigenvalue weighted by molar-refractivity contribution is 0.437. The van der Waals surface area contributed by atoms with Gasteiger partial charge in [-0.15, -0.1) is 0 Å². The molecule has 1 aliphatic rings. The highest BCUT2D eigenvalue weighted by Gasteiger charge is 2.12. The molecule has 1 heterocycles. The molecule has 0 radical (unpaired) electrons. The van der Waals surface area contributed by atoms with E-state index in [-0.39, 0.29) is 0 Å². The van der Waals surface area contributed by atoms with Gasteiger partial charge >= 0.3 is 0 Å². The first-order valence-corrected chi connectivity index (χ1v) is 10.2. The van der Waals surface area contributed by atoms with Gasteiger partial charge in [-0.2, -0.15) is 0 Å². The summed E-state index contributed by atoms with van der Waals surface area (Å²) in [7, 11) is 0. The summed E-state index contributed by atoms with van der Waals surface area (Å²) in [5.74, 6) is 1.67. The molecule has 2 heteroatoms. The Balaban J connectivity index is 0.000000791. The first kappa shape index (κ1) is 22.1. The third kappa shape index (κ3) is 7.11. The first-order valence-electron chi connectivity index (χ1n) is 10.2. The van der Waals surface area contributed by atoms with Crippen LogP contribution in [0.5, 0.6) is 0 Å². The number of benzene rings is 1. The van der Waals surface area contributed by atoms with Crippen LogP contribution < -0.4 is 0 Å². The monoisotopic (exact) mass is 352 g/mol. The van der Waals surface area contributed by atoms with Crippen molar-refractivity contribution < 1.29 is 0 Å². The Morgan fingerprint density at radius 2 is 1.54 bits per heavy atom. The van der Waals surface area contributed by atoms with Crippen LogP contribution in [-0.2, 0) is 6.42 Å². The summed E-state index contributed by atoms with van der Waals surface area (Å²) in [5, 5.41) is 0. The predicted molar refractivity (Wildman–Crippen MR) is 114 cm³/mol. The van der Waals surface area contributed by atoms with Gasteiger partial charge in [0.2, 0.25) is 0 Å². The van der Waals surface area contributed by atoms with Crippen molar-refractivity contribution in [2.24, 2.45) is 5.92 Å². The van der Waals surface area contributed by atoms with E-state index in [2.05, 4.69) is 47.2 Å². The Morgan fingerprint density at radius 1 is 0.923 bits per heavy atom. The van der Waals surface area contributed by atoms with E-state index in [0.29, 0.717) is 0 Å². The highest BCUT2D eigenvalue weighted by Crippen LogP contribution is 2.27. The van der Waals surface area contributed by atoms with Crippen molar-refractivity contribution in [1.82, 2.24) is 9.97 Å². The van der Waals surface area contributed by atoms with Crippen LogP contribution >= 0.6 is 0 Å². The number of rotatable bonds is 4. The summed E-state index contributed by atoms with van der Waals surface area (Å²) in [5.41, 5.74) is 5.18. The molecule has 1 atom stereocenters. The lowest BCUT2D eigenvalue weighted by Crippen LogP contribution is -2.06. The topological polar surface area (TPSA) is 25.8 Å². The van der Waals surface area contributed by atoms with Crippen molar-refractivity contribution in [2.45, 2.75) is 73.6 Å². The minimum absolute atomic E-state index is 0.810. The molecule has 0 saturated heterocycles. The predicted octanol–water partition coefficient (Wildman–Crippen LogP) is 7.18. The number of hydrogen-bond acceptors (Lipinski definition) is 2. The fourth-order valence-electron chi connectivity index (χ4n) is 3.01. The van der Waals surface area contributed by atoms with Gasteiger partial charge in [0, 0.05) is 18.0 Å². The minimum Gasteiger partial charge on any atom is -0.236 e. The van der Waals surface area contributed by atoms with E-state index in [1.807, 2.05) is 47.0 Å². The van der Waals surface area contributed by atoms with Gasteiger partial charge in [-0.25, -0.2) is 9.97 Å². The molecule has 0 N–H and O–H groups in total. The second-order valence-corrected chi connectivity index (χ2v) is 6.51. The summed E-state index contributed by atoms with van der Waals surface area (Å²) in [6, 6.07) is 8.74. The summed E-state index contributed by atoms with van der Waals surface area (Å²) >= 11 is 0. The standard InChI is InChI=1S/C20H24N2.2C2H6/c1-15-3-5-17(6-4-15)7-8-18-9-11-19(12-10-18)20-21-13-16(2)14-22-20;2*1-2/h3,9-14,17H,4-8H2,1-2H3;2*1-2H3. The van der Waals surface area contributed by atoms with Gasteiger partial charge in [-0.3, -0.25) is 0 Å². The lowest BCUT2D eigenvalue weighted by Gasteiger charge is -2.20. The van der Waals surface area contributed by atoms with Gasteiger partial charge < -0.3 is 0 Å². The van der Waals surface area contributed by atoms with E-state index >= 15 is 0 Å². The fraction of sp³-hybridized carbons (Fsp3) is 0.500. The van der Waals surface area contributed by atoms with Gasteiger partial charge in [0.05, 0.1) is 0 Å². The van der Waals surface area contributed by atoms with E-state index in [0.717, 1.165) is 22.9 Å². The van der Waals surface area contributed by atoms with Crippen LogP contribution in [0.25, 0.3) is 11.4 Å². The average Bonchev–Trinajstić information content (AvgIpc) is 2.72. The van der Waals surface area contributed by atoms with Crippen molar-refractivity contribution in [3.05, 3.63) is 59.4 Å². The van der Waals surface area contributed by atoms with Gasteiger partial charge in [0.1, 0.15) is 0 Å². The van der Waals surface area contributed by atoms with Crippen LogP contribution in [0.2, 0.25) is 0 Å². The number of nitrogens with zero attached hydrogens (tertiary/aromatic N) is 2. The molecule has 0 aliphatic heterocycles. The molecule has 0 fully saturated rings. The maximum absolute atomic E-state index is 4.39. The molecule has 3 rings (SSSR count). The van der Waals surface area contributed by atoms with Crippen LogP contribution in [0, 0.1) is 12.8 Å². The SMILES string of the molecule is CC.CC.CC1=CCC(CCc2ccc(-c3ncc(C)cn3)cc2)CC1. The number of hydrogen-bond donors (Lipinski definition) is 0. The largest absolute Gasteiger partial charge is 0.236 e. The molecule has 0 bridgehead atoms. The summed E-state index contributed by atoms with van der Waals surface area (Å²) in [6.07, 6.45) is 12.5. The zero-order chi connectivity index (χ0) is 19.4. The van der Waals surface area contributed by atoms with Crippen LogP contribution in [0.15, 0.2) is 48.3 Å². The van der Waals surface area contributed by atoms with Crippen molar-refractivity contribution >= 4 is 0 Å². The molecule has 142 valence electrons. The second kappa shape index (κ2) is 12.4. The molecule has 26 heavy (non-hydrogen) atoms. The molecule has 0 saturated carbocycles. The van der Waals surface area contributed by atoms with E-state index in [4.69, 9.17) is 0 Å². The van der Waals surface area contributed by atoms with Gasteiger partial charge in [0.25, 0.3) is 0 Å². The first-order chi connectivity index (χ1) is 12.7. The lowest BCUT2D eigenvalue weighted by atomic mass is 9.86. The third-order valence-electron chi connectivity index (χ3n) is 4.58. The highest BCUT2D eigenvalue weighted by atomic mass is 14.9. The van der Waals surface area contributed by atoms with Crippen LogP contribution in [0.4, 0.5) is 0 Å². The highest BCUT2D eigenvalue weighted by molar-refractivity contribution is 5.55. The summed E-state index contributed by atoms with van der Waals surface area (Å²) in [4.78, 5) is 8.77. The zero-order valence-corrected chi connectivity index (χ0v) is 17.5. The van der Waals surface area contributed by atoms with Crippen molar-refractivity contribution in [1.29, 1.82) is 0 Å². The van der Waals surface area contributed by atoms with E-state index in [1.54, 1.807) is 5.57 Å². The quantitative estimate of drug-likeness (QED) is 0.544. The van der Waals surface area contributed by atoms with Crippen molar-refractivity contribution in [3.63, 3.8) is 0 Å². The minimum atomic E-state index is 0.810. The van der Waals surface area contributed by atoms with Crippen LogP contribution in [0.3, 0.4) is 0 Å². The smallest absolute Gasteiger partial charge is 0.159 e. The maximum atomic E-state index is 4.39. The molecular formula is C24H36N2. The second-order valence-electron chi connectivity index (χ2n) is 6.51. The number of aryl methyl sites for hydroxylation is 2. The van der Waals surface area contributed by atoms with Gasteiger partial charge in [-0.1, -0.05) is 63.6 Å². The normalized spacial score (nSPS) is 15.8. The molecule has 0 amide bonds.